The van der Waals surface area contributed by atoms with E-state index in [-0.39, 0.29) is 24.9 Å². The number of hydrogen-bond donors (Lipinski definition) is 2. The first-order chi connectivity index (χ1) is 12.6. The zero-order valence-corrected chi connectivity index (χ0v) is 13.5. The van der Waals surface area contributed by atoms with Gasteiger partial charge in [-0.15, -0.1) is 0 Å². The molecule has 0 atom stereocenters. The molecule has 0 saturated heterocycles. The second-order valence-corrected chi connectivity index (χ2v) is 5.57. The molecule has 4 rings (SSSR count). The molecule has 2 aliphatic heterocycles. The summed E-state index contributed by atoms with van der Waals surface area (Å²) in [5.74, 6) is 6.54. The maximum atomic E-state index is 12.5. The number of carbonyl (C=O) groups excluding carboxylic acids is 2. The number of nitrogens with two attached hydrogens (primary N) is 1. The summed E-state index contributed by atoms with van der Waals surface area (Å²) in [6, 6.07) is 10.1. The summed E-state index contributed by atoms with van der Waals surface area (Å²) in [6.45, 7) is -0.0513. The van der Waals surface area contributed by atoms with Gasteiger partial charge >= 0.3 is 0 Å². The van der Waals surface area contributed by atoms with Gasteiger partial charge < -0.3 is 18.9 Å². The van der Waals surface area contributed by atoms with Crippen LogP contribution < -0.4 is 30.2 Å². The maximum Gasteiger partial charge on any atom is 0.271 e. The summed E-state index contributed by atoms with van der Waals surface area (Å²) in [5.41, 5.74) is 3.14. The van der Waals surface area contributed by atoms with Crippen LogP contribution in [0.15, 0.2) is 42.2 Å². The number of amides is 1. The second-order valence-electron chi connectivity index (χ2n) is 5.57. The van der Waals surface area contributed by atoms with E-state index in [0.717, 1.165) is 5.56 Å². The number of hydrogen-bond acceptors (Lipinski definition) is 7. The minimum Gasteiger partial charge on any atom is -0.484 e. The van der Waals surface area contributed by atoms with E-state index < -0.39 is 5.91 Å². The van der Waals surface area contributed by atoms with Crippen molar-refractivity contribution in [3.8, 4) is 23.0 Å². The van der Waals surface area contributed by atoms with Crippen LogP contribution in [0.2, 0.25) is 0 Å². The Labute approximate surface area is 148 Å². The molecule has 2 aliphatic rings. The summed E-state index contributed by atoms with van der Waals surface area (Å²) in [6.07, 6.45) is 1.63. The van der Waals surface area contributed by atoms with Crippen molar-refractivity contribution in [1.82, 2.24) is 5.43 Å². The minimum absolute atomic E-state index is 0.182. The summed E-state index contributed by atoms with van der Waals surface area (Å²) >= 11 is 0. The lowest BCUT2D eigenvalue weighted by atomic mass is 10.1. The van der Waals surface area contributed by atoms with Gasteiger partial charge in [0.1, 0.15) is 11.5 Å². The number of hydrazine groups is 1. The van der Waals surface area contributed by atoms with E-state index in [2.05, 4.69) is 0 Å². The molecule has 2 aromatic rings. The Morgan fingerprint density at radius 1 is 1.15 bits per heavy atom. The van der Waals surface area contributed by atoms with Crippen molar-refractivity contribution in [2.45, 2.75) is 0 Å². The number of ether oxygens (including phenoxy) is 4. The van der Waals surface area contributed by atoms with E-state index in [9.17, 15) is 9.59 Å². The molecular weight excluding hydrogens is 340 g/mol. The highest BCUT2D eigenvalue weighted by molar-refractivity contribution is 6.14. The van der Waals surface area contributed by atoms with Gasteiger partial charge in [0.2, 0.25) is 12.6 Å². The number of Topliss-reactive ketones (excluding diaryl/α,β-unsaturated/α-hetero) is 1. The monoisotopic (exact) mass is 354 g/mol. The summed E-state index contributed by atoms with van der Waals surface area (Å²) in [7, 11) is 0. The van der Waals surface area contributed by atoms with E-state index in [1.807, 2.05) is 5.43 Å². The third-order valence-corrected chi connectivity index (χ3v) is 3.87. The SMILES string of the molecule is NNC(=O)COc1ccc2c(c1)OC(=Cc1ccc3c(c1)OCO3)C2=O. The van der Waals surface area contributed by atoms with Gasteiger partial charge in [-0.05, 0) is 35.9 Å². The van der Waals surface area contributed by atoms with Crippen LogP contribution in [0.5, 0.6) is 23.0 Å². The molecule has 3 N–H and O–H groups in total. The topological polar surface area (TPSA) is 109 Å². The van der Waals surface area contributed by atoms with E-state index in [4.69, 9.17) is 24.8 Å². The molecule has 0 bridgehead atoms. The Kier molecular flexibility index (Phi) is 3.94. The fraction of sp³-hybridized carbons (Fsp3) is 0.111. The molecule has 8 heteroatoms. The molecule has 0 spiro atoms. The highest BCUT2D eigenvalue weighted by atomic mass is 16.7. The Balaban J connectivity index is 1.54. The van der Waals surface area contributed by atoms with Crippen LogP contribution in [-0.2, 0) is 4.79 Å². The standard InChI is InChI=1S/C18H14N2O6/c19-20-17(21)8-23-11-2-3-12-14(7-11)26-16(18(12)22)6-10-1-4-13-15(5-10)25-9-24-13/h1-7H,8-9,19H2,(H,20,21). The third kappa shape index (κ3) is 2.93. The zero-order valence-electron chi connectivity index (χ0n) is 13.5. The van der Waals surface area contributed by atoms with E-state index in [1.54, 1.807) is 42.5 Å². The molecule has 2 heterocycles. The number of nitrogens with one attached hydrogen (secondary N) is 1. The van der Waals surface area contributed by atoms with Crippen LogP contribution >= 0.6 is 0 Å². The highest BCUT2D eigenvalue weighted by Gasteiger charge is 2.28. The molecule has 8 nitrogen and oxygen atoms in total. The average Bonchev–Trinajstić information content (AvgIpc) is 3.24. The van der Waals surface area contributed by atoms with Gasteiger partial charge in [-0.25, -0.2) is 5.84 Å². The molecule has 26 heavy (non-hydrogen) atoms. The van der Waals surface area contributed by atoms with Crippen molar-refractivity contribution in [1.29, 1.82) is 0 Å². The number of rotatable bonds is 4. The van der Waals surface area contributed by atoms with Crippen LogP contribution in [0.1, 0.15) is 15.9 Å². The maximum absolute atomic E-state index is 12.5. The molecular formula is C18H14N2O6. The fourth-order valence-electron chi connectivity index (χ4n) is 2.60. The Bertz CT molecular complexity index is 937. The quantitative estimate of drug-likeness (QED) is 0.370. The predicted molar refractivity (Wildman–Crippen MR) is 89.8 cm³/mol. The molecule has 0 radical (unpaired) electrons. The summed E-state index contributed by atoms with van der Waals surface area (Å²) in [4.78, 5) is 23.6. The zero-order chi connectivity index (χ0) is 18.1. The molecule has 0 fully saturated rings. The lowest BCUT2D eigenvalue weighted by Gasteiger charge is -2.06. The van der Waals surface area contributed by atoms with Gasteiger partial charge in [-0.3, -0.25) is 15.0 Å². The fourth-order valence-corrected chi connectivity index (χ4v) is 2.60. The van der Waals surface area contributed by atoms with Crippen molar-refractivity contribution in [2.75, 3.05) is 13.4 Å². The Hall–Kier alpha value is -3.52. The normalized spacial score (nSPS) is 15.6. The first-order valence-corrected chi connectivity index (χ1v) is 7.74. The third-order valence-electron chi connectivity index (χ3n) is 3.87. The number of carbonyl (C=O) groups is 2. The van der Waals surface area contributed by atoms with Gasteiger partial charge in [0.05, 0.1) is 5.56 Å². The summed E-state index contributed by atoms with van der Waals surface area (Å²) in [5, 5.41) is 0. The lowest BCUT2D eigenvalue weighted by Crippen LogP contribution is -2.34. The van der Waals surface area contributed by atoms with E-state index in [1.165, 1.54) is 0 Å². The molecule has 0 saturated carbocycles. The lowest BCUT2D eigenvalue weighted by molar-refractivity contribution is -0.123. The van der Waals surface area contributed by atoms with E-state index >= 15 is 0 Å². The van der Waals surface area contributed by atoms with Crippen molar-refractivity contribution in [3.63, 3.8) is 0 Å². The predicted octanol–water partition coefficient (Wildman–Crippen LogP) is 1.40. The molecule has 2 aromatic carbocycles. The molecule has 132 valence electrons. The van der Waals surface area contributed by atoms with Gasteiger partial charge in [0, 0.05) is 6.07 Å². The van der Waals surface area contributed by atoms with Gasteiger partial charge in [0.15, 0.2) is 23.9 Å². The van der Waals surface area contributed by atoms with Crippen molar-refractivity contribution in [2.24, 2.45) is 5.84 Å². The largest absolute Gasteiger partial charge is 0.484 e. The van der Waals surface area contributed by atoms with Crippen molar-refractivity contribution < 1.29 is 28.5 Å². The van der Waals surface area contributed by atoms with Crippen molar-refractivity contribution >= 4 is 17.8 Å². The van der Waals surface area contributed by atoms with Gasteiger partial charge in [-0.2, -0.15) is 0 Å². The smallest absolute Gasteiger partial charge is 0.271 e. The molecule has 1 amide bonds. The number of ketones is 1. The van der Waals surface area contributed by atoms with Gasteiger partial charge in [0.25, 0.3) is 5.91 Å². The van der Waals surface area contributed by atoms with Crippen LogP contribution in [0.4, 0.5) is 0 Å². The number of allylic oxidation sites excluding steroid dienone is 1. The highest BCUT2D eigenvalue weighted by Crippen LogP contribution is 2.36. The molecule has 0 aliphatic carbocycles. The summed E-state index contributed by atoms with van der Waals surface area (Å²) < 4.78 is 21.5. The van der Waals surface area contributed by atoms with E-state index in [0.29, 0.717) is 28.6 Å². The van der Waals surface area contributed by atoms with Crippen LogP contribution in [0.3, 0.4) is 0 Å². The molecule has 0 unspecified atom stereocenters. The minimum atomic E-state index is -0.467. The number of fused-ring (bicyclic) bond motifs is 2. The van der Waals surface area contributed by atoms with Crippen LogP contribution in [0.25, 0.3) is 6.08 Å². The van der Waals surface area contributed by atoms with Crippen LogP contribution in [-0.4, -0.2) is 25.1 Å². The second kappa shape index (κ2) is 6.41. The first-order valence-electron chi connectivity index (χ1n) is 7.74. The first kappa shape index (κ1) is 16.0. The molecule has 0 aromatic heterocycles. The van der Waals surface area contributed by atoms with Gasteiger partial charge in [-0.1, -0.05) is 6.07 Å². The Morgan fingerprint density at radius 3 is 2.85 bits per heavy atom. The van der Waals surface area contributed by atoms with Crippen molar-refractivity contribution in [3.05, 3.63) is 53.3 Å². The average molecular weight is 354 g/mol. The number of benzene rings is 2. The van der Waals surface area contributed by atoms with Crippen LogP contribution in [0, 0.1) is 0 Å². The Morgan fingerprint density at radius 2 is 2.00 bits per heavy atom.